The molecule has 0 heterocycles. The minimum atomic E-state index is -2.88. The molecule has 0 bridgehead atoms. The van der Waals surface area contributed by atoms with Crippen molar-refractivity contribution in [3.05, 3.63) is 35.9 Å². The third kappa shape index (κ3) is 4.83. The topological polar surface area (TPSA) is 29.5 Å². The van der Waals surface area contributed by atoms with Gasteiger partial charge < -0.3 is 9.64 Å². The Balaban J connectivity index is 2.08. The SMILES string of the molecule is CC(C)CN(C(=O)/C=C/c1ccccc1OC(F)F)C1CC1. The Hall–Kier alpha value is -1.91. The van der Waals surface area contributed by atoms with Crippen LogP contribution >= 0.6 is 0 Å². The molecule has 22 heavy (non-hydrogen) atoms. The molecule has 0 aliphatic heterocycles. The molecular formula is C17H21F2NO2. The molecule has 1 aromatic carbocycles. The monoisotopic (exact) mass is 309 g/mol. The van der Waals surface area contributed by atoms with E-state index in [2.05, 4.69) is 18.6 Å². The second kappa shape index (κ2) is 7.38. The molecule has 1 saturated carbocycles. The number of halogens is 2. The van der Waals surface area contributed by atoms with Crippen LogP contribution in [-0.4, -0.2) is 30.0 Å². The smallest absolute Gasteiger partial charge is 0.387 e. The van der Waals surface area contributed by atoms with Crippen molar-refractivity contribution in [2.24, 2.45) is 5.92 Å². The first kappa shape index (κ1) is 16.5. The van der Waals surface area contributed by atoms with E-state index in [0.29, 0.717) is 24.1 Å². The van der Waals surface area contributed by atoms with Gasteiger partial charge in [-0.15, -0.1) is 0 Å². The number of nitrogens with zero attached hydrogens (tertiary/aromatic N) is 1. The van der Waals surface area contributed by atoms with Crippen molar-refractivity contribution in [1.82, 2.24) is 4.90 Å². The van der Waals surface area contributed by atoms with Crippen molar-refractivity contribution in [1.29, 1.82) is 0 Å². The van der Waals surface area contributed by atoms with E-state index in [0.717, 1.165) is 12.8 Å². The van der Waals surface area contributed by atoms with E-state index in [1.165, 1.54) is 18.2 Å². The lowest BCUT2D eigenvalue weighted by Gasteiger charge is -2.22. The van der Waals surface area contributed by atoms with Crippen LogP contribution < -0.4 is 4.74 Å². The average molecular weight is 309 g/mol. The maximum Gasteiger partial charge on any atom is 0.387 e. The van der Waals surface area contributed by atoms with Crippen LogP contribution in [0.3, 0.4) is 0 Å². The Morgan fingerprint density at radius 1 is 1.36 bits per heavy atom. The lowest BCUT2D eigenvalue weighted by molar-refractivity contribution is -0.127. The predicted molar refractivity (Wildman–Crippen MR) is 81.7 cm³/mol. The normalized spacial score (nSPS) is 14.8. The second-order valence-corrected chi connectivity index (χ2v) is 5.87. The highest BCUT2D eigenvalue weighted by atomic mass is 19.3. The predicted octanol–water partition coefficient (Wildman–Crippen LogP) is 3.95. The van der Waals surface area contributed by atoms with Crippen LogP contribution in [0.1, 0.15) is 32.3 Å². The van der Waals surface area contributed by atoms with Gasteiger partial charge in [-0.25, -0.2) is 0 Å². The van der Waals surface area contributed by atoms with Gasteiger partial charge in [0.1, 0.15) is 5.75 Å². The van der Waals surface area contributed by atoms with E-state index < -0.39 is 6.61 Å². The summed E-state index contributed by atoms with van der Waals surface area (Å²) in [5.41, 5.74) is 0.469. The van der Waals surface area contributed by atoms with Gasteiger partial charge >= 0.3 is 6.61 Å². The zero-order valence-corrected chi connectivity index (χ0v) is 12.8. The molecule has 0 aromatic heterocycles. The third-order valence-electron chi connectivity index (χ3n) is 3.37. The second-order valence-electron chi connectivity index (χ2n) is 5.87. The molecule has 5 heteroatoms. The van der Waals surface area contributed by atoms with Crippen LogP contribution in [0.2, 0.25) is 0 Å². The number of hydrogen-bond donors (Lipinski definition) is 0. The quantitative estimate of drug-likeness (QED) is 0.714. The minimum Gasteiger partial charge on any atom is -0.434 e. The summed E-state index contributed by atoms with van der Waals surface area (Å²) in [6.07, 6.45) is 5.05. The van der Waals surface area contributed by atoms with E-state index in [1.54, 1.807) is 18.2 Å². The fraction of sp³-hybridized carbons (Fsp3) is 0.471. The molecular weight excluding hydrogens is 288 g/mol. The fourth-order valence-corrected chi connectivity index (χ4v) is 2.28. The van der Waals surface area contributed by atoms with Crippen LogP contribution in [0.15, 0.2) is 30.3 Å². The summed E-state index contributed by atoms with van der Waals surface area (Å²) in [6, 6.07) is 6.77. The molecule has 0 N–H and O–H groups in total. The maximum absolute atomic E-state index is 12.4. The number of rotatable bonds is 7. The van der Waals surface area contributed by atoms with Crippen molar-refractivity contribution in [3.8, 4) is 5.75 Å². The Bertz CT molecular complexity index is 539. The van der Waals surface area contributed by atoms with Crippen molar-refractivity contribution in [2.75, 3.05) is 6.54 Å². The highest BCUT2D eigenvalue weighted by Crippen LogP contribution is 2.28. The average Bonchev–Trinajstić information content (AvgIpc) is 3.27. The number of carbonyl (C=O) groups excluding carboxylic acids is 1. The van der Waals surface area contributed by atoms with E-state index in [4.69, 9.17) is 0 Å². The summed E-state index contributed by atoms with van der Waals surface area (Å²) in [5, 5.41) is 0. The Labute approximate surface area is 129 Å². The molecule has 3 nitrogen and oxygen atoms in total. The Kier molecular flexibility index (Phi) is 5.52. The molecule has 2 rings (SSSR count). The first-order valence-electron chi connectivity index (χ1n) is 7.50. The van der Waals surface area contributed by atoms with E-state index in [-0.39, 0.29) is 11.7 Å². The van der Waals surface area contributed by atoms with Crippen LogP contribution in [-0.2, 0) is 4.79 Å². The van der Waals surface area contributed by atoms with Crippen LogP contribution in [0.25, 0.3) is 6.08 Å². The molecule has 0 unspecified atom stereocenters. The number of amides is 1. The van der Waals surface area contributed by atoms with E-state index in [1.807, 2.05) is 4.90 Å². The largest absolute Gasteiger partial charge is 0.434 e. The highest BCUT2D eigenvalue weighted by Gasteiger charge is 2.31. The van der Waals surface area contributed by atoms with Gasteiger partial charge in [-0.05, 0) is 30.9 Å². The molecule has 0 saturated heterocycles. The van der Waals surface area contributed by atoms with Gasteiger partial charge in [0.25, 0.3) is 0 Å². The van der Waals surface area contributed by atoms with Gasteiger partial charge in [0, 0.05) is 24.2 Å². The molecule has 1 aromatic rings. The number of para-hydroxylation sites is 1. The molecule has 1 aliphatic rings. The van der Waals surface area contributed by atoms with Gasteiger partial charge in [-0.2, -0.15) is 8.78 Å². The zero-order chi connectivity index (χ0) is 16.1. The molecule has 1 fully saturated rings. The van der Waals surface area contributed by atoms with Crippen LogP contribution in [0.5, 0.6) is 5.75 Å². The van der Waals surface area contributed by atoms with Crippen LogP contribution in [0, 0.1) is 5.92 Å². The molecule has 120 valence electrons. The van der Waals surface area contributed by atoms with E-state index >= 15 is 0 Å². The van der Waals surface area contributed by atoms with Crippen molar-refractivity contribution >= 4 is 12.0 Å². The summed E-state index contributed by atoms with van der Waals surface area (Å²) in [7, 11) is 0. The first-order valence-corrected chi connectivity index (χ1v) is 7.50. The Morgan fingerprint density at radius 2 is 2.05 bits per heavy atom. The summed E-state index contributed by atoms with van der Waals surface area (Å²) >= 11 is 0. The van der Waals surface area contributed by atoms with Gasteiger partial charge in [0.2, 0.25) is 5.91 Å². The summed E-state index contributed by atoms with van der Waals surface area (Å²) in [5.74, 6) is 0.388. The highest BCUT2D eigenvalue weighted by molar-refractivity contribution is 5.92. The van der Waals surface area contributed by atoms with Gasteiger partial charge in [-0.3, -0.25) is 4.79 Å². The number of ether oxygens (including phenoxy) is 1. The molecule has 1 aliphatic carbocycles. The molecule has 1 amide bonds. The van der Waals surface area contributed by atoms with Gasteiger partial charge in [0.15, 0.2) is 0 Å². The lowest BCUT2D eigenvalue weighted by Crippen LogP contribution is -2.34. The summed E-state index contributed by atoms with van der Waals surface area (Å²) in [6.45, 7) is 1.97. The first-order chi connectivity index (χ1) is 10.5. The standard InChI is InChI=1S/C17H21F2NO2/c1-12(2)11-20(14-8-9-14)16(21)10-7-13-5-3-4-6-15(13)22-17(18)19/h3-7,10,12,14,17H,8-9,11H2,1-2H3/b10-7+. The lowest BCUT2D eigenvalue weighted by atomic mass is 10.1. The zero-order valence-electron chi connectivity index (χ0n) is 12.8. The van der Waals surface area contributed by atoms with Crippen molar-refractivity contribution in [3.63, 3.8) is 0 Å². The third-order valence-corrected chi connectivity index (χ3v) is 3.37. The van der Waals surface area contributed by atoms with Gasteiger partial charge in [0.05, 0.1) is 0 Å². The van der Waals surface area contributed by atoms with Crippen molar-refractivity contribution < 1.29 is 18.3 Å². The van der Waals surface area contributed by atoms with E-state index in [9.17, 15) is 13.6 Å². The Morgan fingerprint density at radius 3 is 2.64 bits per heavy atom. The summed E-state index contributed by atoms with van der Waals surface area (Å²) in [4.78, 5) is 14.2. The summed E-state index contributed by atoms with van der Waals surface area (Å²) < 4.78 is 29.2. The number of alkyl halides is 2. The number of hydrogen-bond acceptors (Lipinski definition) is 2. The van der Waals surface area contributed by atoms with Gasteiger partial charge in [-0.1, -0.05) is 32.0 Å². The minimum absolute atomic E-state index is 0.0726. The fourth-order valence-electron chi connectivity index (χ4n) is 2.28. The van der Waals surface area contributed by atoms with Crippen LogP contribution in [0.4, 0.5) is 8.78 Å². The molecule has 0 spiro atoms. The number of carbonyl (C=O) groups is 1. The number of benzene rings is 1. The maximum atomic E-state index is 12.4. The molecule has 0 atom stereocenters. The van der Waals surface area contributed by atoms with Crippen molar-refractivity contribution in [2.45, 2.75) is 39.3 Å². The molecule has 0 radical (unpaired) electrons.